The molecule has 17 heavy (non-hydrogen) atoms. The summed E-state index contributed by atoms with van der Waals surface area (Å²) in [7, 11) is 1.58. The summed E-state index contributed by atoms with van der Waals surface area (Å²) in [6, 6.07) is 5.46. The first-order chi connectivity index (χ1) is 8.08. The molecule has 1 atom stereocenters. The quantitative estimate of drug-likeness (QED) is 0.763. The lowest BCUT2D eigenvalue weighted by Crippen LogP contribution is -2.13. The van der Waals surface area contributed by atoms with Gasteiger partial charge in [-0.2, -0.15) is 0 Å². The summed E-state index contributed by atoms with van der Waals surface area (Å²) in [6.07, 6.45) is 2.45. The second-order valence-electron chi connectivity index (χ2n) is 3.65. The number of carbonyl (C=O) groups is 1. The number of nitrogens with two attached hydrogens (primary N) is 1. The van der Waals surface area contributed by atoms with Crippen molar-refractivity contribution in [2.75, 3.05) is 13.4 Å². The van der Waals surface area contributed by atoms with Crippen LogP contribution in [0.5, 0.6) is 5.75 Å². The van der Waals surface area contributed by atoms with Crippen LogP contribution in [0.15, 0.2) is 23.1 Å². The first-order valence-electron chi connectivity index (χ1n) is 5.27. The van der Waals surface area contributed by atoms with Crippen LogP contribution in [0.3, 0.4) is 0 Å². The van der Waals surface area contributed by atoms with Crippen molar-refractivity contribution in [3.8, 4) is 5.75 Å². The molecule has 0 aliphatic carbocycles. The average molecular weight is 255 g/mol. The van der Waals surface area contributed by atoms with Crippen molar-refractivity contribution >= 4 is 17.7 Å². The van der Waals surface area contributed by atoms with Gasteiger partial charge < -0.3 is 15.6 Å². The number of aliphatic carboxylic acids is 1. The van der Waals surface area contributed by atoms with Gasteiger partial charge in [0.05, 0.1) is 7.11 Å². The van der Waals surface area contributed by atoms with E-state index in [0.29, 0.717) is 12.2 Å². The largest absolute Gasteiger partial charge is 0.496 e. The molecule has 0 bridgehead atoms. The average Bonchev–Trinajstić information content (AvgIpc) is 2.34. The van der Waals surface area contributed by atoms with Crippen molar-refractivity contribution < 1.29 is 14.6 Å². The summed E-state index contributed by atoms with van der Waals surface area (Å²) < 4.78 is 5.24. The third-order valence-electron chi connectivity index (χ3n) is 2.51. The molecule has 0 aliphatic rings. The van der Waals surface area contributed by atoms with E-state index >= 15 is 0 Å². The molecule has 0 amide bonds. The number of hydrogen-bond acceptors (Lipinski definition) is 4. The molecule has 0 radical (unpaired) electrons. The van der Waals surface area contributed by atoms with E-state index in [2.05, 4.69) is 0 Å². The Balaban J connectivity index is 2.88. The van der Waals surface area contributed by atoms with Crippen molar-refractivity contribution in [1.29, 1.82) is 0 Å². The third kappa shape index (κ3) is 3.94. The van der Waals surface area contributed by atoms with Crippen LogP contribution in [0.4, 0.5) is 0 Å². The summed E-state index contributed by atoms with van der Waals surface area (Å²) in [4.78, 5) is 11.6. The fourth-order valence-electron chi connectivity index (χ4n) is 1.56. The molecular weight excluding hydrogens is 238 g/mol. The predicted molar refractivity (Wildman–Crippen MR) is 68.6 cm³/mol. The third-order valence-corrected chi connectivity index (χ3v) is 3.23. The molecule has 0 saturated carbocycles. The second kappa shape index (κ2) is 6.51. The zero-order valence-corrected chi connectivity index (χ0v) is 10.8. The van der Waals surface area contributed by atoms with Crippen molar-refractivity contribution in [2.24, 2.45) is 5.73 Å². The molecule has 3 N–H and O–H groups in total. The second-order valence-corrected chi connectivity index (χ2v) is 4.53. The highest BCUT2D eigenvalue weighted by molar-refractivity contribution is 7.98. The molecule has 5 heteroatoms. The molecule has 4 nitrogen and oxygen atoms in total. The molecule has 94 valence electrons. The van der Waals surface area contributed by atoms with E-state index in [9.17, 15) is 4.79 Å². The molecule has 0 saturated heterocycles. The summed E-state index contributed by atoms with van der Waals surface area (Å²) in [6.45, 7) is 0. The van der Waals surface area contributed by atoms with Gasteiger partial charge in [0.2, 0.25) is 0 Å². The molecule has 0 aliphatic heterocycles. The van der Waals surface area contributed by atoms with Gasteiger partial charge in [-0.15, -0.1) is 11.8 Å². The topological polar surface area (TPSA) is 72.5 Å². The minimum absolute atomic E-state index is 0.0633. The normalized spacial score (nSPS) is 12.2. The van der Waals surface area contributed by atoms with E-state index in [1.807, 2.05) is 24.5 Å². The van der Waals surface area contributed by atoms with E-state index in [0.717, 1.165) is 10.5 Å². The van der Waals surface area contributed by atoms with Gasteiger partial charge in [0.15, 0.2) is 0 Å². The minimum atomic E-state index is -0.833. The van der Waals surface area contributed by atoms with Crippen LogP contribution in [-0.4, -0.2) is 24.4 Å². The van der Waals surface area contributed by atoms with E-state index in [-0.39, 0.29) is 12.5 Å². The maximum Gasteiger partial charge on any atom is 0.303 e. The molecular formula is C12H17NO3S. The van der Waals surface area contributed by atoms with Gasteiger partial charge in [-0.05, 0) is 30.9 Å². The summed E-state index contributed by atoms with van der Waals surface area (Å²) in [5, 5.41) is 8.65. The maximum atomic E-state index is 10.5. The van der Waals surface area contributed by atoms with Crippen LogP contribution in [0.1, 0.15) is 24.4 Å². The number of rotatable bonds is 6. The lowest BCUT2D eigenvalue weighted by atomic mass is 10.0. The molecule has 1 rings (SSSR count). The number of methoxy groups -OCH3 is 1. The predicted octanol–water partition coefficient (Wildman–Crippen LogP) is 2.28. The molecule has 0 aromatic heterocycles. The van der Waals surface area contributed by atoms with Gasteiger partial charge in [-0.1, -0.05) is 0 Å². The van der Waals surface area contributed by atoms with Crippen LogP contribution < -0.4 is 10.5 Å². The van der Waals surface area contributed by atoms with Crippen molar-refractivity contribution in [3.05, 3.63) is 23.8 Å². The van der Waals surface area contributed by atoms with Crippen LogP contribution in [0, 0.1) is 0 Å². The Morgan fingerprint density at radius 1 is 1.59 bits per heavy atom. The summed E-state index contributed by atoms with van der Waals surface area (Å²) in [5.41, 5.74) is 6.85. The first kappa shape index (κ1) is 13.9. The lowest BCUT2D eigenvalue weighted by Gasteiger charge is -2.15. The summed E-state index contributed by atoms with van der Waals surface area (Å²) >= 11 is 1.62. The van der Waals surface area contributed by atoms with E-state index in [4.69, 9.17) is 15.6 Å². The number of ether oxygens (including phenoxy) is 1. The zero-order chi connectivity index (χ0) is 12.8. The molecule has 0 heterocycles. The highest BCUT2D eigenvalue weighted by Crippen LogP contribution is 2.30. The van der Waals surface area contributed by atoms with Gasteiger partial charge in [0.1, 0.15) is 5.75 Å². The smallest absolute Gasteiger partial charge is 0.303 e. The Morgan fingerprint density at radius 2 is 2.29 bits per heavy atom. The van der Waals surface area contributed by atoms with E-state index in [1.165, 1.54) is 0 Å². The highest BCUT2D eigenvalue weighted by atomic mass is 32.2. The Hall–Kier alpha value is -1.20. The van der Waals surface area contributed by atoms with Crippen LogP contribution >= 0.6 is 11.8 Å². The maximum absolute atomic E-state index is 10.5. The number of carboxylic acid groups (broad SMARTS) is 1. The molecule has 0 fully saturated rings. The Bertz CT molecular complexity index is 395. The SMILES string of the molecule is COc1ccc(SC)cc1C(N)CCC(=O)O. The van der Waals surface area contributed by atoms with Crippen molar-refractivity contribution in [2.45, 2.75) is 23.8 Å². The van der Waals surface area contributed by atoms with Crippen molar-refractivity contribution in [1.82, 2.24) is 0 Å². The van der Waals surface area contributed by atoms with Gasteiger partial charge in [-0.25, -0.2) is 0 Å². The zero-order valence-electron chi connectivity index (χ0n) is 9.97. The van der Waals surface area contributed by atoms with Crippen LogP contribution in [0.2, 0.25) is 0 Å². The first-order valence-corrected chi connectivity index (χ1v) is 6.50. The Morgan fingerprint density at radius 3 is 2.82 bits per heavy atom. The minimum Gasteiger partial charge on any atom is -0.496 e. The summed E-state index contributed by atoms with van der Waals surface area (Å²) in [5.74, 6) is -0.124. The van der Waals surface area contributed by atoms with Crippen molar-refractivity contribution in [3.63, 3.8) is 0 Å². The standard InChI is InChI=1S/C12H17NO3S/c1-16-11-5-3-8(17-2)7-9(11)10(13)4-6-12(14)15/h3,5,7,10H,4,6,13H2,1-2H3,(H,14,15). The number of carboxylic acids is 1. The highest BCUT2D eigenvalue weighted by Gasteiger charge is 2.14. The Labute approximate surface area is 105 Å². The van der Waals surface area contributed by atoms with Gasteiger partial charge in [0, 0.05) is 22.9 Å². The van der Waals surface area contributed by atoms with E-state index < -0.39 is 5.97 Å². The Kier molecular flexibility index (Phi) is 5.31. The van der Waals surface area contributed by atoms with Gasteiger partial charge >= 0.3 is 5.97 Å². The fourth-order valence-corrected chi connectivity index (χ4v) is 2.01. The van der Waals surface area contributed by atoms with E-state index in [1.54, 1.807) is 18.9 Å². The van der Waals surface area contributed by atoms with Crippen LogP contribution in [0.25, 0.3) is 0 Å². The number of benzene rings is 1. The van der Waals surface area contributed by atoms with Gasteiger partial charge in [-0.3, -0.25) is 4.79 Å². The fraction of sp³-hybridized carbons (Fsp3) is 0.417. The number of hydrogen-bond donors (Lipinski definition) is 2. The molecule has 1 aromatic rings. The van der Waals surface area contributed by atoms with Crippen LogP contribution in [-0.2, 0) is 4.79 Å². The number of thioether (sulfide) groups is 1. The molecule has 1 aromatic carbocycles. The molecule has 0 spiro atoms. The molecule has 1 unspecified atom stereocenters. The lowest BCUT2D eigenvalue weighted by molar-refractivity contribution is -0.137. The monoisotopic (exact) mass is 255 g/mol. The van der Waals surface area contributed by atoms with Gasteiger partial charge in [0.25, 0.3) is 0 Å².